The van der Waals surface area contributed by atoms with Gasteiger partial charge in [-0.15, -0.1) is 0 Å². The molecule has 1 aliphatic carbocycles. The number of nitrogens with two attached hydrogens (primary N) is 1. The molecule has 0 aliphatic heterocycles. The van der Waals surface area contributed by atoms with Crippen molar-refractivity contribution in [3.63, 3.8) is 0 Å². The van der Waals surface area contributed by atoms with Crippen LogP contribution in [0.3, 0.4) is 0 Å². The van der Waals surface area contributed by atoms with Gasteiger partial charge in [-0.05, 0) is 30.5 Å². The molecule has 1 aromatic carbocycles. The minimum atomic E-state index is 0.276. The Morgan fingerprint density at radius 1 is 1.47 bits per heavy atom. The first kappa shape index (κ1) is 11.9. The van der Waals surface area contributed by atoms with Gasteiger partial charge < -0.3 is 15.2 Å². The van der Waals surface area contributed by atoms with E-state index in [-0.39, 0.29) is 6.10 Å². The highest BCUT2D eigenvalue weighted by molar-refractivity contribution is 5.45. The maximum atomic E-state index is 8.96. The van der Waals surface area contributed by atoms with Crippen LogP contribution >= 0.6 is 0 Å². The van der Waals surface area contributed by atoms with Gasteiger partial charge in [0.2, 0.25) is 0 Å². The zero-order valence-electron chi connectivity index (χ0n) is 9.85. The van der Waals surface area contributed by atoms with E-state index in [1.54, 1.807) is 19.2 Å². The molecule has 2 rings (SSSR count). The van der Waals surface area contributed by atoms with Crippen LogP contribution in [0.15, 0.2) is 18.2 Å². The SMILES string of the molecule is COc1ccc(COC2CC(N)C2)cc1C#N. The number of nitrogens with zero attached hydrogens (tertiary/aromatic N) is 1. The van der Waals surface area contributed by atoms with Crippen molar-refractivity contribution in [3.05, 3.63) is 29.3 Å². The van der Waals surface area contributed by atoms with Gasteiger partial charge in [0.25, 0.3) is 0 Å². The molecular weight excluding hydrogens is 216 g/mol. The van der Waals surface area contributed by atoms with Crippen LogP contribution in [0.25, 0.3) is 0 Å². The molecule has 1 aliphatic rings. The van der Waals surface area contributed by atoms with E-state index in [4.69, 9.17) is 20.5 Å². The lowest BCUT2D eigenvalue weighted by atomic mass is 9.90. The number of rotatable bonds is 4. The molecule has 0 atom stereocenters. The van der Waals surface area contributed by atoms with E-state index < -0.39 is 0 Å². The molecule has 1 saturated carbocycles. The number of nitriles is 1. The third-order valence-electron chi connectivity index (χ3n) is 3.00. The summed E-state index contributed by atoms with van der Waals surface area (Å²) in [7, 11) is 1.56. The van der Waals surface area contributed by atoms with E-state index in [1.807, 2.05) is 6.07 Å². The number of ether oxygens (including phenoxy) is 2. The summed E-state index contributed by atoms with van der Waals surface area (Å²) < 4.78 is 10.8. The standard InChI is InChI=1S/C13H16N2O2/c1-16-13-3-2-9(4-10(13)7-14)8-17-12-5-11(15)6-12/h2-4,11-12H,5-6,8,15H2,1H3. The van der Waals surface area contributed by atoms with E-state index in [9.17, 15) is 0 Å². The predicted octanol–water partition coefficient (Wildman–Crippen LogP) is 1.57. The molecule has 0 heterocycles. The molecular formula is C13H16N2O2. The summed E-state index contributed by atoms with van der Waals surface area (Å²) in [5, 5.41) is 8.96. The molecule has 2 N–H and O–H groups in total. The van der Waals surface area contributed by atoms with Gasteiger partial charge in [-0.25, -0.2) is 0 Å². The third kappa shape index (κ3) is 2.76. The van der Waals surface area contributed by atoms with Crippen LogP contribution < -0.4 is 10.5 Å². The molecule has 0 bridgehead atoms. The Labute approximate surface area is 101 Å². The first-order chi connectivity index (χ1) is 8.22. The van der Waals surface area contributed by atoms with Crippen LogP contribution in [0.4, 0.5) is 0 Å². The fourth-order valence-electron chi connectivity index (χ4n) is 1.89. The average Bonchev–Trinajstić information content (AvgIpc) is 2.32. The summed E-state index contributed by atoms with van der Waals surface area (Å²) in [4.78, 5) is 0. The quantitative estimate of drug-likeness (QED) is 0.855. The Balaban J connectivity index is 1.95. The average molecular weight is 232 g/mol. The number of benzene rings is 1. The van der Waals surface area contributed by atoms with Crippen LogP contribution in [0.5, 0.6) is 5.75 Å². The molecule has 4 nitrogen and oxygen atoms in total. The van der Waals surface area contributed by atoms with E-state index in [0.717, 1.165) is 18.4 Å². The summed E-state index contributed by atoms with van der Waals surface area (Å²) >= 11 is 0. The maximum Gasteiger partial charge on any atom is 0.136 e. The summed E-state index contributed by atoms with van der Waals surface area (Å²) in [5.41, 5.74) is 7.21. The van der Waals surface area contributed by atoms with Crippen LogP contribution in [0.2, 0.25) is 0 Å². The molecule has 0 aromatic heterocycles. The minimum Gasteiger partial charge on any atom is -0.495 e. The van der Waals surface area contributed by atoms with E-state index in [2.05, 4.69) is 6.07 Å². The summed E-state index contributed by atoms with van der Waals surface area (Å²) in [6.07, 6.45) is 2.14. The van der Waals surface area contributed by atoms with Crippen molar-refractivity contribution in [2.24, 2.45) is 5.73 Å². The molecule has 0 amide bonds. The van der Waals surface area contributed by atoms with Gasteiger partial charge in [0, 0.05) is 6.04 Å². The Morgan fingerprint density at radius 2 is 2.24 bits per heavy atom. The number of hydrogen-bond donors (Lipinski definition) is 1. The van der Waals surface area contributed by atoms with Crippen LogP contribution in [-0.4, -0.2) is 19.3 Å². The summed E-state index contributed by atoms with van der Waals surface area (Å²) in [6.45, 7) is 0.524. The Morgan fingerprint density at radius 3 is 2.82 bits per heavy atom. The Bertz CT molecular complexity index is 434. The van der Waals surface area contributed by atoms with Crippen molar-refractivity contribution in [2.45, 2.75) is 31.6 Å². The zero-order valence-corrected chi connectivity index (χ0v) is 9.85. The fourth-order valence-corrected chi connectivity index (χ4v) is 1.89. The lowest BCUT2D eigenvalue weighted by molar-refractivity contribution is -0.0188. The van der Waals surface area contributed by atoms with Crippen molar-refractivity contribution >= 4 is 0 Å². The maximum absolute atomic E-state index is 8.96. The van der Waals surface area contributed by atoms with Gasteiger partial charge in [0.1, 0.15) is 11.8 Å². The second-order valence-electron chi connectivity index (χ2n) is 4.31. The highest BCUT2D eigenvalue weighted by Crippen LogP contribution is 2.24. The molecule has 0 unspecified atom stereocenters. The first-order valence-corrected chi connectivity index (χ1v) is 5.67. The fraction of sp³-hybridized carbons (Fsp3) is 0.462. The second-order valence-corrected chi connectivity index (χ2v) is 4.31. The first-order valence-electron chi connectivity index (χ1n) is 5.67. The topological polar surface area (TPSA) is 68.3 Å². The highest BCUT2D eigenvalue weighted by atomic mass is 16.5. The van der Waals surface area contributed by atoms with Crippen LogP contribution in [0, 0.1) is 11.3 Å². The lowest BCUT2D eigenvalue weighted by Gasteiger charge is -2.32. The van der Waals surface area contributed by atoms with Gasteiger partial charge in [-0.1, -0.05) is 6.07 Å². The zero-order chi connectivity index (χ0) is 12.3. The molecule has 17 heavy (non-hydrogen) atoms. The van der Waals surface area contributed by atoms with Gasteiger partial charge in [-0.2, -0.15) is 5.26 Å². The van der Waals surface area contributed by atoms with Gasteiger partial charge >= 0.3 is 0 Å². The third-order valence-corrected chi connectivity index (χ3v) is 3.00. The molecule has 0 spiro atoms. The highest BCUT2D eigenvalue weighted by Gasteiger charge is 2.26. The number of hydrogen-bond acceptors (Lipinski definition) is 4. The summed E-state index contributed by atoms with van der Waals surface area (Å²) in [6, 6.07) is 7.92. The van der Waals surface area contributed by atoms with Crippen molar-refractivity contribution in [2.75, 3.05) is 7.11 Å². The lowest BCUT2D eigenvalue weighted by Crippen LogP contribution is -2.41. The van der Waals surface area contributed by atoms with Crippen molar-refractivity contribution in [1.82, 2.24) is 0 Å². The van der Waals surface area contributed by atoms with Crippen LogP contribution in [-0.2, 0) is 11.3 Å². The minimum absolute atomic E-state index is 0.276. The Kier molecular flexibility index (Phi) is 3.62. The van der Waals surface area contributed by atoms with Crippen molar-refractivity contribution in [3.8, 4) is 11.8 Å². The molecule has 90 valence electrons. The molecule has 1 fully saturated rings. The van der Waals surface area contributed by atoms with E-state index >= 15 is 0 Å². The van der Waals surface area contributed by atoms with Gasteiger partial charge in [-0.3, -0.25) is 0 Å². The second kappa shape index (κ2) is 5.17. The van der Waals surface area contributed by atoms with Crippen molar-refractivity contribution in [1.29, 1.82) is 5.26 Å². The van der Waals surface area contributed by atoms with Gasteiger partial charge in [0.15, 0.2) is 0 Å². The summed E-state index contributed by atoms with van der Waals surface area (Å²) in [5.74, 6) is 0.599. The normalized spacial score (nSPS) is 22.6. The smallest absolute Gasteiger partial charge is 0.136 e. The molecule has 1 aromatic rings. The Hall–Kier alpha value is -1.57. The van der Waals surface area contributed by atoms with E-state index in [0.29, 0.717) is 24.0 Å². The van der Waals surface area contributed by atoms with Gasteiger partial charge in [0.05, 0.1) is 25.4 Å². The largest absolute Gasteiger partial charge is 0.495 e. The van der Waals surface area contributed by atoms with Crippen molar-refractivity contribution < 1.29 is 9.47 Å². The molecule has 0 radical (unpaired) electrons. The van der Waals surface area contributed by atoms with Crippen LogP contribution in [0.1, 0.15) is 24.0 Å². The predicted molar refractivity (Wildman–Crippen MR) is 63.5 cm³/mol. The molecule has 0 saturated heterocycles. The molecule has 4 heteroatoms. The number of methoxy groups -OCH3 is 1. The van der Waals surface area contributed by atoms with E-state index in [1.165, 1.54) is 0 Å². The monoisotopic (exact) mass is 232 g/mol.